The average molecular weight is 1520 g/mol. The van der Waals surface area contributed by atoms with Crippen molar-refractivity contribution in [2.75, 3.05) is 39.6 Å². The van der Waals surface area contributed by atoms with Crippen LogP contribution in [0.5, 0.6) is 0 Å². The molecule has 0 radical (unpaired) electrons. The van der Waals surface area contributed by atoms with Gasteiger partial charge in [0.1, 0.15) is 19.3 Å². The van der Waals surface area contributed by atoms with E-state index in [4.69, 9.17) is 37.0 Å². The van der Waals surface area contributed by atoms with Gasteiger partial charge < -0.3 is 33.8 Å². The second kappa shape index (κ2) is 77.6. The summed E-state index contributed by atoms with van der Waals surface area (Å²) in [7, 11) is -10.0. The van der Waals surface area contributed by atoms with E-state index in [1.165, 1.54) is 57.8 Å². The standard InChI is InChI=1S/C87H142O17P2/c1-5-9-13-17-21-25-29-33-37-39-40-42-46-48-52-56-60-64-68-72-85(90)98-78-83(104-87(92)74-70-66-62-58-54-50-44-36-32-28-24-20-16-12-8-4)80-102-106(95,96)100-76-81(88)75-99-105(93,94)101-79-82(103-86(91)73-69-65-61-57-53-49-43-35-31-27-23-19-15-11-7-3)77-97-84(89)71-67-63-59-55-51-47-45-41-38-34-30-26-22-18-14-10-6-2/h9,13,21-28,33-38,40,42-45,47-48,52,55,59-60,64,81-83,88H,5-8,10-12,14-20,29-32,39,41,46,49-51,53-54,56-58,61-63,65-80H2,1-4H3,(H,93,94)(H,95,96)/b13-9-,25-21-,26-22-,27-23-,28-24-,37-33-,38-34-,42-40-,43-35-,44-36-,47-45-,52-48-,59-55-,64-60-/t81-,82+,83+/m0/s1. The normalized spacial score (nSPS) is 14.7. The Morgan fingerprint density at radius 3 is 0.840 bits per heavy atom. The summed E-state index contributed by atoms with van der Waals surface area (Å²) in [6.07, 6.45) is 92.1. The monoisotopic (exact) mass is 1520 g/mol. The summed E-state index contributed by atoms with van der Waals surface area (Å²) in [5, 5.41) is 10.6. The van der Waals surface area contributed by atoms with Crippen LogP contribution in [-0.4, -0.2) is 96.7 Å². The minimum atomic E-state index is -5.01. The molecule has 0 heterocycles. The van der Waals surface area contributed by atoms with E-state index in [1.54, 1.807) is 0 Å². The second-order valence-corrected chi connectivity index (χ2v) is 29.2. The third kappa shape index (κ3) is 76.6. The average Bonchev–Trinajstić information content (AvgIpc) is 0.909. The number of unbranched alkanes of at least 4 members (excludes halogenated alkanes) is 20. The van der Waals surface area contributed by atoms with Crippen molar-refractivity contribution in [2.45, 2.75) is 316 Å². The molecule has 0 aliphatic rings. The Morgan fingerprint density at radius 2 is 0.519 bits per heavy atom. The first kappa shape index (κ1) is 100. The van der Waals surface area contributed by atoms with Crippen LogP contribution < -0.4 is 0 Å². The third-order valence-corrected chi connectivity index (χ3v) is 18.0. The highest BCUT2D eigenvalue weighted by Crippen LogP contribution is 2.45. The van der Waals surface area contributed by atoms with Crippen LogP contribution in [0.15, 0.2) is 170 Å². The second-order valence-electron chi connectivity index (χ2n) is 26.3. The van der Waals surface area contributed by atoms with Crippen molar-refractivity contribution in [3.63, 3.8) is 0 Å². The molecule has 0 rings (SSSR count). The first-order chi connectivity index (χ1) is 51.7. The molecule has 0 aromatic heterocycles. The molecule has 0 aliphatic heterocycles. The van der Waals surface area contributed by atoms with Gasteiger partial charge in [0.25, 0.3) is 0 Å². The van der Waals surface area contributed by atoms with Gasteiger partial charge in [-0.05, 0) is 167 Å². The first-order valence-electron chi connectivity index (χ1n) is 40.4. The fourth-order valence-corrected chi connectivity index (χ4v) is 11.6. The van der Waals surface area contributed by atoms with Gasteiger partial charge in [0.05, 0.1) is 26.4 Å². The highest BCUT2D eigenvalue weighted by atomic mass is 31.2. The Kier molecular flexibility index (Phi) is 73.5. The van der Waals surface area contributed by atoms with Crippen LogP contribution in [0.4, 0.5) is 0 Å². The van der Waals surface area contributed by atoms with Crippen molar-refractivity contribution in [3.8, 4) is 0 Å². The Labute approximate surface area is 642 Å². The molecule has 17 nitrogen and oxygen atoms in total. The molecule has 0 aromatic rings. The molecule has 0 spiro atoms. The quantitative estimate of drug-likeness (QED) is 0.0169. The summed E-state index contributed by atoms with van der Waals surface area (Å²) >= 11 is 0. The van der Waals surface area contributed by atoms with Gasteiger partial charge in [-0.3, -0.25) is 37.3 Å². The molecular formula is C87H142O17P2. The van der Waals surface area contributed by atoms with Crippen LogP contribution in [-0.2, 0) is 65.4 Å². The van der Waals surface area contributed by atoms with Crippen LogP contribution in [0.2, 0.25) is 0 Å². The molecule has 0 aromatic carbocycles. The molecule has 0 saturated heterocycles. The lowest BCUT2D eigenvalue weighted by Crippen LogP contribution is -2.30. The molecule has 5 atom stereocenters. The highest BCUT2D eigenvalue weighted by Gasteiger charge is 2.30. The summed E-state index contributed by atoms with van der Waals surface area (Å²) in [5.74, 6) is -2.38. The van der Waals surface area contributed by atoms with E-state index in [9.17, 15) is 43.2 Å². The first-order valence-corrected chi connectivity index (χ1v) is 43.4. The van der Waals surface area contributed by atoms with Crippen LogP contribution >= 0.6 is 15.6 Å². The smallest absolute Gasteiger partial charge is 0.462 e. The number of esters is 4. The maximum Gasteiger partial charge on any atom is 0.472 e. The van der Waals surface area contributed by atoms with E-state index in [0.717, 1.165) is 148 Å². The molecule has 602 valence electrons. The summed E-state index contributed by atoms with van der Waals surface area (Å²) in [6.45, 7) is 4.49. The lowest BCUT2D eigenvalue weighted by Gasteiger charge is -2.21. The number of allylic oxidation sites excluding steroid dienone is 28. The molecule has 0 saturated carbocycles. The number of hydrogen-bond acceptors (Lipinski definition) is 15. The Hall–Kier alpha value is -5.58. The predicted molar refractivity (Wildman–Crippen MR) is 436 cm³/mol. The topological polar surface area (TPSA) is 237 Å². The molecule has 106 heavy (non-hydrogen) atoms. The largest absolute Gasteiger partial charge is 0.472 e. The molecule has 2 unspecified atom stereocenters. The van der Waals surface area contributed by atoms with Gasteiger partial charge in [0, 0.05) is 25.7 Å². The van der Waals surface area contributed by atoms with Crippen molar-refractivity contribution in [1.29, 1.82) is 0 Å². The summed E-state index contributed by atoms with van der Waals surface area (Å²) < 4.78 is 68.5. The van der Waals surface area contributed by atoms with Gasteiger partial charge in [-0.25, -0.2) is 9.13 Å². The van der Waals surface area contributed by atoms with Gasteiger partial charge in [0.2, 0.25) is 0 Å². The number of aliphatic hydroxyl groups excluding tert-OH is 1. The highest BCUT2D eigenvalue weighted by molar-refractivity contribution is 7.47. The molecule has 0 bridgehead atoms. The van der Waals surface area contributed by atoms with E-state index in [2.05, 4.69) is 167 Å². The summed E-state index contributed by atoms with van der Waals surface area (Å²) in [5.41, 5.74) is 0. The summed E-state index contributed by atoms with van der Waals surface area (Å²) in [4.78, 5) is 73.0. The maximum absolute atomic E-state index is 13.1. The lowest BCUT2D eigenvalue weighted by atomic mass is 10.1. The fraction of sp³-hybridized carbons (Fsp3) is 0.632. The minimum absolute atomic E-state index is 0.0261. The zero-order valence-corrected chi connectivity index (χ0v) is 67.6. The molecule has 0 amide bonds. The number of phosphoric acid groups is 2. The van der Waals surface area contributed by atoms with Crippen LogP contribution in [0.1, 0.15) is 297 Å². The lowest BCUT2D eigenvalue weighted by molar-refractivity contribution is -0.161. The van der Waals surface area contributed by atoms with Crippen molar-refractivity contribution in [3.05, 3.63) is 170 Å². The Morgan fingerprint density at radius 1 is 0.274 bits per heavy atom. The number of rotatable bonds is 74. The van der Waals surface area contributed by atoms with Crippen molar-refractivity contribution in [2.24, 2.45) is 0 Å². The number of aliphatic hydroxyl groups is 1. The van der Waals surface area contributed by atoms with E-state index in [0.29, 0.717) is 38.5 Å². The number of carbonyl (C=O) groups is 4. The third-order valence-electron chi connectivity index (χ3n) is 16.1. The van der Waals surface area contributed by atoms with Gasteiger partial charge in [-0.1, -0.05) is 275 Å². The van der Waals surface area contributed by atoms with Crippen LogP contribution in [0.3, 0.4) is 0 Å². The van der Waals surface area contributed by atoms with E-state index < -0.39 is 97.5 Å². The molecular weight excluding hydrogens is 1380 g/mol. The van der Waals surface area contributed by atoms with E-state index in [1.807, 2.05) is 30.4 Å². The van der Waals surface area contributed by atoms with Gasteiger partial charge in [-0.15, -0.1) is 0 Å². The molecule has 0 aliphatic carbocycles. The zero-order chi connectivity index (χ0) is 77.4. The molecule has 0 fully saturated rings. The number of carbonyl (C=O) groups excluding carboxylic acids is 4. The van der Waals surface area contributed by atoms with E-state index >= 15 is 0 Å². The minimum Gasteiger partial charge on any atom is -0.462 e. The number of hydrogen-bond donors (Lipinski definition) is 3. The van der Waals surface area contributed by atoms with Gasteiger partial charge >= 0.3 is 39.5 Å². The maximum atomic E-state index is 13.1. The number of ether oxygens (including phenoxy) is 4. The fourth-order valence-electron chi connectivity index (χ4n) is 10.0. The van der Waals surface area contributed by atoms with Crippen molar-refractivity contribution in [1.82, 2.24) is 0 Å². The van der Waals surface area contributed by atoms with Crippen LogP contribution in [0.25, 0.3) is 0 Å². The summed E-state index contributed by atoms with van der Waals surface area (Å²) in [6, 6.07) is 0. The van der Waals surface area contributed by atoms with E-state index in [-0.39, 0.29) is 25.7 Å². The Balaban J connectivity index is 5.51. The van der Waals surface area contributed by atoms with Gasteiger partial charge in [-0.2, -0.15) is 0 Å². The number of phosphoric ester groups is 2. The zero-order valence-electron chi connectivity index (χ0n) is 65.8. The van der Waals surface area contributed by atoms with Gasteiger partial charge in [0.15, 0.2) is 12.2 Å². The SMILES string of the molecule is CC/C=C\C/C=C\C/C=C\C/C=C\C/C=C\C/C=C\CCC(=O)OC[C@H](COP(=O)(O)OC[C@@H](O)COP(=O)(O)OC[C@@H](COC(=O)CCC/C=C\C/C=C\C/C=C\C/C=C\CCCCC)OC(=O)CCCCCCC/C=C\C/C=C\CCCCC)OC(=O)CCCCCCC/C=C\C/C=C\CCCCC. The predicted octanol–water partition coefficient (Wildman–Crippen LogP) is 23.8. The van der Waals surface area contributed by atoms with Crippen molar-refractivity contribution < 1.29 is 80.2 Å². The van der Waals surface area contributed by atoms with Crippen LogP contribution in [0, 0.1) is 0 Å². The van der Waals surface area contributed by atoms with Crippen molar-refractivity contribution >= 4 is 39.5 Å². The Bertz CT molecular complexity index is 2680. The molecule has 3 N–H and O–H groups in total. The molecule has 19 heteroatoms.